The maximum absolute atomic E-state index is 12.0. The molecule has 0 atom stereocenters. The highest BCUT2D eigenvalue weighted by Crippen LogP contribution is 2.17. The fourth-order valence-corrected chi connectivity index (χ4v) is 2.31. The van der Waals surface area contributed by atoms with Gasteiger partial charge >= 0.3 is 5.97 Å². The third kappa shape index (κ3) is 6.24. The second kappa shape index (κ2) is 10.2. The third-order valence-corrected chi connectivity index (χ3v) is 3.90. The van der Waals surface area contributed by atoms with Crippen LogP contribution < -0.4 is 9.47 Å². The minimum atomic E-state index is -0.401. The number of hydrogen-bond donors (Lipinski definition) is 0. The van der Waals surface area contributed by atoms with Crippen molar-refractivity contribution >= 4 is 11.8 Å². The minimum absolute atomic E-state index is 0.199. The van der Waals surface area contributed by atoms with Gasteiger partial charge in [0, 0.05) is 12.0 Å². The molecule has 0 aliphatic carbocycles. The van der Waals surface area contributed by atoms with Crippen molar-refractivity contribution in [3.05, 3.63) is 59.7 Å². The van der Waals surface area contributed by atoms with Crippen LogP contribution in [0.1, 0.15) is 35.7 Å². The van der Waals surface area contributed by atoms with Gasteiger partial charge in [0.2, 0.25) is 0 Å². The van der Waals surface area contributed by atoms with E-state index in [0.717, 1.165) is 17.7 Å². The van der Waals surface area contributed by atoms with Crippen LogP contribution in [0.4, 0.5) is 0 Å². The molecule has 2 aromatic carbocycles. The molecule has 0 aliphatic heterocycles. The van der Waals surface area contributed by atoms with Gasteiger partial charge in [0.15, 0.2) is 12.4 Å². The number of aryl methyl sites for hydroxylation is 1. The molecular weight excluding hydrogens is 332 g/mol. The molecule has 0 amide bonds. The lowest BCUT2D eigenvalue weighted by Gasteiger charge is -2.07. The number of carbonyl (C=O) groups is 2. The Balaban J connectivity index is 1.64. The first-order valence-electron chi connectivity index (χ1n) is 8.67. The van der Waals surface area contributed by atoms with E-state index in [9.17, 15) is 9.59 Å². The van der Waals surface area contributed by atoms with Crippen LogP contribution in [0.15, 0.2) is 48.5 Å². The van der Waals surface area contributed by atoms with E-state index in [0.29, 0.717) is 24.3 Å². The van der Waals surface area contributed by atoms with E-state index >= 15 is 0 Å². The normalized spacial score (nSPS) is 10.2. The molecule has 0 fully saturated rings. The van der Waals surface area contributed by atoms with Crippen molar-refractivity contribution in [2.75, 3.05) is 20.3 Å². The lowest BCUT2D eigenvalue weighted by Crippen LogP contribution is -2.14. The summed E-state index contributed by atoms with van der Waals surface area (Å²) in [6.07, 6.45) is 1.64. The SMILES string of the molecule is CCc1ccc(C(=O)COC(=O)CCCOc2ccc(OC)cc2)cc1. The molecule has 138 valence electrons. The standard InChI is InChI=1S/C21H24O5/c1-3-16-6-8-17(9-7-16)20(22)15-26-21(23)5-4-14-25-19-12-10-18(24-2)11-13-19/h6-13H,3-5,14-15H2,1-2H3. The number of ketones is 1. The van der Waals surface area contributed by atoms with Crippen LogP contribution in [0, 0.1) is 0 Å². The molecule has 0 heterocycles. The van der Waals surface area contributed by atoms with Crippen molar-refractivity contribution in [1.29, 1.82) is 0 Å². The number of rotatable bonds is 10. The highest BCUT2D eigenvalue weighted by Gasteiger charge is 2.10. The molecule has 0 aliphatic rings. The smallest absolute Gasteiger partial charge is 0.306 e. The maximum Gasteiger partial charge on any atom is 0.306 e. The molecule has 0 N–H and O–H groups in total. The summed E-state index contributed by atoms with van der Waals surface area (Å²) < 4.78 is 15.7. The Labute approximate surface area is 153 Å². The van der Waals surface area contributed by atoms with Gasteiger partial charge in [0.1, 0.15) is 11.5 Å². The van der Waals surface area contributed by atoms with Gasteiger partial charge in [-0.2, -0.15) is 0 Å². The number of esters is 1. The Bertz CT molecular complexity index is 704. The quantitative estimate of drug-likeness (QED) is 0.368. The van der Waals surface area contributed by atoms with Crippen LogP contribution in [0.3, 0.4) is 0 Å². The molecule has 26 heavy (non-hydrogen) atoms. The fourth-order valence-electron chi connectivity index (χ4n) is 2.31. The summed E-state index contributed by atoms with van der Waals surface area (Å²) in [5.41, 5.74) is 1.72. The van der Waals surface area contributed by atoms with E-state index in [-0.39, 0.29) is 18.8 Å². The number of carbonyl (C=O) groups excluding carboxylic acids is 2. The summed E-state index contributed by atoms with van der Waals surface area (Å²) in [6.45, 7) is 2.22. The van der Waals surface area contributed by atoms with Gasteiger partial charge in [-0.15, -0.1) is 0 Å². The Kier molecular flexibility index (Phi) is 7.68. The lowest BCUT2D eigenvalue weighted by atomic mass is 10.1. The monoisotopic (exact) mass is 356 g/mol. The number of hydrogen-bond acceptors (Lipinski definition) is 5. The second-order valence-corrected chi connectivity index (χ2v) is 5.76. The van der Waals surface area contributed by atoms with Crippen LogP contribution in [-0.2, 0) is 16.0 Å². The molecular formula is C21H24O5. The third-order valence-electron chi connectivity index (χ3n) is 3.90. The lowest BCUT2D eigenvalue weighted by molar-refractivity contribution is -0.142. The summed E-state index contributed by atoms with van der Waals surface area (Å²) >= 11 is 0. The van der Waals surface area contributed by atoms with Gasteiger partial charge < -0.3 is 14.2 Å². The van der Waals surface area contributed by atoms with E-state index in [1.54, 1.807) is 31.4 Å². The predicted molar refractivity (Wildman–Crippen MR) is 98.8 cm³/mol. The first-order valence-corrected chi connectivity index (χ1v) is 8.67. The highest BCUT2D eigenvalue weighted by atomic mass is 16.5. The molecule has 0 bridgehead atoms. The molecule has 0 aromatic heterocycles. The largest absolute Gasteiger partial charge is 0.497 e. The summed E-state index contributed by atoms with van der Waals surface area (Å²) in [7, 11) is 1.60. The van der Waals surface area contributed by atoms with E-state index in [1.807, 2.05) is 24.3 Å². The van der Waals surface area contributed by atoms with Crippen LogP contribution >= 0.6 is 0 Å². The summed E-state index contributed by atoms with van der Waals surface area (Å²) in [4.78, 5) is 23.7. The van der Waals surface area contributed by atoms with Crippen molar-refractivity contribution in [3.63, 3.8) is 0 Å². The maximum atomic E-state index is 12.0. The molecule has 5 nitrogen and oxygen atoms in total. The topological polar surface area (TPSA) is 61.8 Å². The Morgan fingerprint density at radius 2 is 1.58 bits per heavy atom. The van der Waals surface area contributed by atoms with E-state index in [1.165, 1.54) is 0 Å². The van der Waals surface area contributed by atoms with Gasteiger partial charge in [-0.3, -0.25) is 9.59 Å². The van der Waals surface area contributed by atoms with Crippen molar-refractivity contribution < 1.29 is 23.8 Å². The summed E-state index contributed by atoms with van der Waals surface area (Å²) in [6, 6.07) is 14.6. The molecule has 0 saturated carbocycles. The van der Waals surface area contributed by atoms with Crippen LogP contribution in [0.2, 0.25) is 0 Å². The van der Waals surface area contributed by atoms with E-state index in [2.05, 4.69) is 6.92 Å². The van der Waals surface area contributed by atoms with Crippen molar-refractivity contribution in [2.45, 2.75) is 26.2 Å². The molecule has 0 unspecified atom stereocenters. The molecule has 2 rings (SSSR count). The fraction of sp³-hybridized carbons (Fsp3) is 0.333. The zero-order valence-corrected chi connectivity index (χ0v) is 15.2. The van der Waals surface area contributed by atoms with Crippen molar-refractivity contribution in [3.8, 4) is 11.5 Å². The highest BCUT2D eigenvalue weighted by molar-refractivity contribution is 5.97. The molecule has 0 radical (unpaired) electrons. The van der Waals surface area contributed by atoms with Gasteiger partial charge in [0.25, 0.3) is 0 Å². The molecule has 5 heteroatoms. The minimum Gasteiger partial charge on any atom is -0.497 e. The average molecular weight is 356 g/mol. The number of ether oxygens (including phenoxy) is 3. The van der Waals surface area contributed by atoms with Crippen LogP contribution in [0.5, 0.6) is 11.5 Å². The zero-order chi connectivity index (χ0) is 18.8. The van der Waals surface area contributed by atoms with E-state index < -0.39 is 5.97 Å². The van der Waals surface area contributed by atoms with Gasteiger partial charge in [-0.25, -0.2) is 0 Å². The number of benzene rings is 2. The van der Waals surface area contributed by atoms with Crippen LogP contribution in [-0.4, -0.2) is 32.1 Å². The second-order valence-electron chi connectivity index (χ2n) is 5.76. The van der Waals surface area contributed by atoms with Gasteiger partial charge in [0.05, 0.1) is 13.7 Å². The van der Waals surface area contributed by atoms with Gasteiger partial charge in [-0.1, -0.05) is 31.2 Å². The van der Waals surface area contributed by atoms with Crippen molar-refractivity contribution in [2.24, 2.45) is 0 Å². The first kappa shape index (κ1) is 19.5. The summed E-state index contributed by atoms with van der Waals surface area (Å²) in [5, 5.41) is 0. The Hall–Kier alpha value is -2.82. The predicted octanol–water partition coefficient (Wildman–Crippen LogP) is 3.84. The van der Waals surface area contributed by atoms with Crippen LogP contribution in [0.25, 0.3) is 0 Å². The van der Waals surface area contributed by atoms with Gasteiger partial charge in [-0.05, 0) is 42.7 Å². The Morgan fingerprint density at radius 1 is 0.923 bits per heavy atom. The first-order chi connectivity index (χ1) is 12.6. The average Bonchev–Trinajstić information content (AvgIpc) is 2.70. The van der Waals surface area contributed by atoms with Crippen molar-refractivity contribution in [1.82, 2.24) is 0 Å². The zero-order valence-electron chi connectivity index (χ0n) is 15.2. The summed E-state index contributed by atoms with van der Waals surface area (Å²) in [5.74, 6) is 0.872. The molecule has 2 aromatic rings. The molecule has 0 saturated heterocycles. The van der Waals surface area contributed by atoms with E-state index in [4.69, 9.17) is 14.2 Å². The molecule has 0 spiro atoms. The Morgan fingerprint density at radius 3 is 2.19 bits per heavy atom. The number of methoxy groups -OCH3 is 1. The number of Topliss-reactive ketones (excluding diaryl/α,β-unsaturated/α-hetero) is 1.